The van der Waals surface area contributed by atoms with Crippen molar-refractivity contribution in [1.29, 1.82) is 0 Å². The average molecular weight is 609 g/mol. The maximum absolute atomic E-state index is 12.8. The smallest absolute Gasteiger partial charge is 0.229 e. The number of carbonyl (C=O) groups excluding carboxylic acids is 2. The van der Waals surface area contributed by atoms with Crippen LogP contribution >= 0.6 is 0 Å². The summed E-state index contributed by atoms with van der Waals surface area (Å²) in [6, 6.07) is 21.1. The van der Waals surface area contributed by atoms with Crippen LogP contribution in [0.15, 0.2) is 48.5 Å². The monoisotopic (exact) mass is 608 g/mol. The number of hydrogen-bond acceptors (Lipinski definition) is 4. The summed E-state index contributed by atoms with van der Waals surface area (Å²) in [7, 11) is 0. The van der Waals surface area contributed by atoms with Crippen molar-refractivity contribution in [2.75, 3.05) is 13.1 Å². The second-order valence-electron chi connectivity index (χ2n) is 15.3. The van der Waals surface area contributed by atoms with Crippen molar-refractivity contribution in [2.45, 2.75) is 133 Å². The molecule has 6 aliphatic rings. The Morgan fingerprint density at radius 2 is 0.844 bits per heavy atom. The van der Waals surface area contributed by atoms with E-state index in [9.17, 15) is 9.59 Å². The Balaban J connectivity index is 0.702. The van der Waals surface area contributed by atoms with E-state index in [1.165, 1.54) is 77.3 Å². The van der Waals surface area contributed by atoms with Gasteiger partial charge in [0.15, 0.2) is 0 Å². The van der Waals surface area contributed by atoms with E-state index < -0.39 is 0 Å². The van der Waals surface area contributed by atoms with Gasteiger partial charge in [-0.3, -0.25) is 19.4 Å². The molecule has 2 saturated carbocycles. The van der Waals surface area contributed by atoms with Gasteiger partial charge in [-0.25, -0.2) is 0 Å². The molecule has 2 N–H and O–H groups in total. The Kier molecular flexibility index (Phi) is 8.46. The minimum Gasteiger partial charge on any atom is -0.353 e. The van der Waals surface area contributed by atoms with E-state index in [0.717, 1.165) is 37.5 Å². The van der Waals surface area contributed by atoms with Crippen molar-refractivity contribution in [3.05, 3.63) is 70.8 Å². The van der Waals surface area contributed by atoms with E-state index in [1.807, 2.05) is 0 Å². The number of carbonyl (C=O) groups is 2. The van der Waals surface area contributed by atoms with Crippen LogP contribution in [0.1, 0.15) is 143 Å². The molecule has 4 bridgehead atoms. The summed E-state index contributed by atoms with van der Waals surface area (Å²) in [5.41, 5.74) is 6.29. The molecule has 0 aromatic heterocycles. The topological polar surface area (TPSA) is 64.7 Å². The highest BCUT2D eigenvalue weighted by molar-refractivity contribution is 5.97. The van der Waals surface area contributed by atoms with E-state index in [1.54, 1.807) is 22.3 Å². The molecule has 6 nitrogen and oxygen atoms in total. The number of nitrogens with one attached hydrogen (secondary N) is 2. The summed E-state index contributed by atoms with van der Waals surface area (Å²) in [5, 5.41) is 6.39. The minimum absolute atomic E-state index is 0.0313. The Bertz CT molecular complexity index is 1210. The van der Waals surface area contributed by atoms with Gasteiger partial charge in [0, 0.05) is 36.3 Å². The molecule has 0 radical (unpaired) electrons. The summed E-state index contributed by atoms with van der Waals surface area (Å²) in [5.74, 6) is 1.30. The molecule has 2 amide bonds. The van der Waals surface area contributed by atoms with E-state index in [4.69, 9.17) is 0 Å². The maximum atomic E-state index is 12.8. The van der Waals surface area contributed by atoms with Crippen molar-refractivity contribution in [2.24, 2.45) is 11.8 Å². The fourth-order valence-electron chi connectivity index (χ4n) is 10.5. The molecule has 4 heterocycles. The zero-order chi connectivity index (χ0) is 30.3. The van der Waals surface area contributed by atoms with Gasteiger partial charge in [-0.1, -0.05) is 48.5 Å². The van der Waals surface area contributed by atoms with Crippen molar-refractivity contribution in [3.63, 3.8) is 0 Å². The van der Waals surface area contributed by atoms with Crippen LogP contribution in [-0.4, -0.2) is 46.8 Å². The first kappa shape index (κ1) is 29.7. The maximum Gasteiger partial charge on any atom is 0.229 e. The summed E-state index contributed by atoms with van der Waals surface area (Å²) in [6.07, 6.45) is 16.6. The highest BCUT2D eigenvalue weighted by Crippen LogP contribution is 2.54. The molecule has 2 aromatic rings. The van der Waals surface area contributed by atoms with Crippen LogP contribution in [-0.2, 0) is 9.59 Å². The van der Waals surface area contributed by atoms with Gasteiger partial charge in [0.25, 0.3) is 0 Å². The van der Waals surface area contributed by atoms with Crippen molar-refractivity contribution >= 4 is 11.8 Å². The van der Waals surface area contributed by atoms with Gasteiger partial charge in [0.05, 0.1) is 0 Å². The second-order valence-corrected chi connectivity index (χ2v) is 15.3. The number of hydrogen-bond donors (Lipinski definition) is 2. The first-order chi connectivity index (χ1) is 22.1. The zero-order valence-corrected chi connectivity index (χ0v) is 27.0. The summed E-state index contributed by atoms with van der Waals surface area (Å²) in [6.45, 7) is 2.39. The van der Waals surface area contributed by atoms with Gasteiger partial charge in [-0.15, -0.1) is 0 Å². The molecule has 4 atom stereocenters. The van der Waals surface area contributed by atoms with Gasteiger partial charge >= 0.3 is 0 Å². The fourth-order valence-corrected chi connectivity index (χ4v) is 10.5. The zero-order valence-electron chi connectivity index (χ0n) is 27.0. The van der Waals surface area contributed by atoms with Crippen LogP contribution in [0.3, 0.4) is 0 Å². The third-order valence-corrected chi connectivity index (χ3v) is 12.8. The van der Waals surface area contributed by atoms with Crippen molar-refractivity contribution in [1.82, 2.24) is 20.4 Å². The second kappa shape index (κ2) is 12.8. The van der Waals surface area contributed by atoms with Gasteiger partial charge in [-0.2, -0.15) is 0 Å². The fraction of sp³-hybridized carbons (Fsp3) is 0.641. The summed E-state index contributed by atoms with van der Waals surface area (Å²) < 4.78 is 0. The highest BCUT2D eigenvalue weighted by atomic mass is 16.2. The number of benzene rings is 2. The molecular weight excluding hydrogens is 556 g/mol. The van der Waals surface area contributed by atoms with Crippen molar-refractivity contribution < 1.29 is 9.59 Å². The molecule has 2 aromatic carbocycles. The molecule has 4 aliphatic heterocycles. The lowest BCUT2D eigenvalue weighted by molar-refractivity contribution is -0.130. The first-order valence-corrected chi connectivity index (χ1v) is 18.4. The Hall–Kier alpha value is -2.70. The molecule has 240 valence electrons. The molecule has 4 unspecified atom stereocenters. The lowest BCUT2D eigenvalue weighted by atomic mass is 9.83. The lowest BCUT2D eigenvalue weighted by Crippen LogP contribution is -2.43. The molecule has 45 heavy (non-hydrogen) atoms. The summed E-state index contributed by atoms with van der Waals surface area (Å²) >= 11 is 0. The highest BCUT2D eigenvalue weighted by Gasteiger charge is 2.44. The van der Waals surface area contributed by atoms with Gasteiger partial charge < -0.3 is 10.6 Å². The van der Waals surface area contributed by atoms with E-state index in [-0.39, 0.29) is 30.3 Å². The SMILES string of the molecule is O=C(CC(=O)NC1CCC(CCN2C3CCC2c2ccccc23)CC1)NC1CCC(CCN2C3CCC2c2ccccc23)CC1. The van der Waals surface area contributed by atoms with Crippen molar-refractivity contribution in [3.8, 4) is 0 Å². The summed E-state index contributed by atoms with van der Waals surface area (Å²) in [4.78, 5) is 31.0. The third-order valence-electron chi connectivity index (χ3n) is 12.8. The number of amides is 2. The molecule has 8 rings (SSSR count). The predicted molar refractivity (Wildman–Crippen MR) is 177 cm³/mol. The lowest BCUT2D eigenvalue weighted by Gasteiger charge is -2.32. The molecule has 6 heteroatoms. The van der Waals surface area contributed by atoms with Gasteiger partial charge in [-0.05, 0) is 137 Å². The Morgan fingerprint density at radius 3 is 1.18 bits per heavy atom. The van der Waals surface area contributed by atoms with Crippen LogP contribution in [0.5, 0.6) is 0 Å². The Morgan fingerprint density at radius 1 is 0.511 bits per heavy atom. The molecule has 2 aliphatic carbocycles. The molecule has 0 spiro atoms. The predicted octanol–water partition coefficient (Wildman–Crippen LogP) is 7.29. The Labute approximate surface area is 269 Å². The van der Waals surface area contributed by atoms with Gasteiger partial charge in [0.2, 0.25) is 11.8 Å². The van der Waals surface area contributed by atoms with Crippen LogP contribution < -0.4 is 10.6 Å². The molecule has 2 saturated heterocycles. The number of nitrogens with zero attached hydrogens (tertiary/aromatic N) is 2. The van der Waals surface area contributed by atoms with E-state index >= 15 is 0 Å². The first-order valence-electron chi connectivity index (χ1n) is 18.4. The van der Waals surface area contributed by atoms with Crippen LogP contribution in [0.4, 0.5) is 0 Å². The third kappa shape index (κ3) is 5.98. The van der Waals surface area contributed by atoms with Gasteiger partial charge in [0.1, 0.15) is 6.42 Å². The molecule has 4 fully saturated rings. The van der Waals surface area contributed by atoms with Crippen LogP contribution in [0.2, 0.25) is 0 Å². The van der Waals surface area contributed by atoms with Crippen LogP contribution in [0, 0.1) is 11.8 Å². The van der Waals surface area contributed by atoms with Crippen LogP contribution in [0.25, 0.3) is 0 Å². The minimum atomic E-state index is -0.0997. The number of fused-ring (bicyclic) bond motifs is 10. The molecular formula is C39H52N4O2. The van der Waals surface area contributed by atoms with E-state index in [2.05, 4.69) is 69.0 Å². The van der Waals surface area contributed by atoms with E-state index in [0.29, 0.717) is 24.2 Å². The average Bonchev–Trinajstić information content (AvgIpc) is 3.82. The quantitative estimate of drug-likeness (QED) is 0.278. The largest absolute Gasteiger partial charge is 0.353 e. The standard InChI is InChI=1S/C39H52N4O2/c44-38(40-28-13-9-26(10-14-28)21-23-42-34-17-18-35(42)31-6-2-1-5-30(31)34)25-39(45)41-29-15-11-27(12-16-29)22-24-43-36-19-20-37(43)33-8-4-3-7-32(33)36/h1-8,26-29,34-37H,9-25H2,(H,40,44)(H,41,45). The number of rotatable bonds is 10. The normalized spacial score (nSPS) is 33.6.